The number of hydrogen-bond acceptors (Lipinski definition) is 5. The summed E-state index contributed by atoms with van der Waals surface area (Å²) in [6.07, 6.45) is 0.753. The Balaban J connectivity index is 1.82. The van der Waals surface area contributed by atoms with E-state index in [0.29, 0.717) is 16.5 Å². The number of halogens is 1. The third-order valence-corrected chi connectivity index (χ3v) is 3.78. The van der Waals surface area contributed by atoms with Crippen LogP contribution in [0.25, 0.3) is 0 Å². The molecule has 0 aliphatic heterocycles. The molecule has 0 aliphatic rings. The number of ether oxygens (including phenoxy) is 2. The SMILES string of the molecule is Cc1cc(Cl)ccc1OC(C)C(=O)OCC(=O)NC(=O)c1cccn1C. The predicted molar refractivity (Wildman–Crippen MR) is 95.1 cm³/mol. The molecule has 1 N–H and O–H groups in total. The lowest BCUT2D eigenvalue weighted by Gasteiger charge is -2.15. The summed E-state index contributed by atoms with van der Waals surface area (Å²) < 4.78 is 12.0. The summed E-state index contributed by atoms with van der Waals surface area (Å²) in [5.74, 6) is -1.53. The fourth-order valence-electron chi connectivity index (χ4n) is 2.16. The van der Waals surface area contributed by atoms with E-state index in [4.69, 9.17) is 21.1 Å². The van der Waals surface area contributed by atoms with Gasteiger partial charge in [0, 0.05) is 18.3 Å². The fraction of sp³-hybridized carbons (Fsp3) is 0.278. The number of amides is 2. The summed E-state index contributed by atoms with van der Waals surface area (Å²) in [7, 11) is 1.68. The van der Waals surface area contributed by atoms with Gasteiger partial charge in [-0.15, -0.1) is 0 Å². The second-order valence-corrected chi connectivity index (χ2v) is 6.10. The Morgan fingerprint density at radius 2 is 2.00 bits per heavy atom. The highest BCUT2D eigenvalue weighted by Crippen LogP contribution is 2.22. The van der Waals surface area contributed by atoms with Crippen LogP contribution in [0.15, 0.2) is 36.5 Å². The summed E-state index contributed by atoms with van der Waals surface area (Å²) in [6.45, 7) is 2.72. The van der Waals surface area contributed by atoms with Crippen LogP contribution in [0.1, 0.15) is 23.0 Å². The Morgan fingerprint density at radius 1 is 1.27 bits per heavy atom. The number of carbonyl (C=O) groups excluding carboxylic acids is 3. The average molecular weight is 379 g/mol. The number of nitrogens with zero attached hydrogens (tertiary/aromatic N) is 1. The van der Waals surface area contributed by atoms with Gasteiger partial charge in [0.05, 0.1) is 0 Å². The summed E-state index contributed by atoms with van der Waals surface area (Å²) in [5.41, 5.74) is 1.09. The molecule has 0 spiro atoms. The van der Waals surface area contributed by atoms with Crippen molar-refractivity contribution in [2.75, 3.05) is 6.61 Å². The van der Waals surface area contributed by atoms with Crippen LogP contribution >= 0.6 is 11.6 Å². The number of esters is 1. The van der Waals surface area contributed by atoms with Crippen molar-refractivity contribution >= 4 is 29.4 Å². The zero-order valence-electron chi connectivity index (χ0n) is 14.6. The Hall–Kier alpha value is -2.80. The number of carbonyl (C=O) groups is 3. The standard InChI is InChI=1S/C18H19ClN2O5/c1-11-9-13(19)6-7-15(11)26-12(2)18(24)25-10-16(22)20-17(23)14-5-4-8-21(14)3/h4-9,12H,10H2,1-3H3,(H,20,22,23). The molecule has 1 unspecified atom stereocenters. The fourth-order valence-corrected chi connectivity index (χ4v) is 2.39. The second kappa shape index (κ2) is 8.53. The number of rotatable bonds is 6. The molecule has 2 aromatic rings. The highest BCUT2D eigenvalue weighted by Gasteiger charge is 2.20. The minimum absolute atomic E-state index is 0.319. The van der Waals surface area contributed by atoms with Gasteiger partial charge in [-0.1, -0.05) is 11.6 Å². The first-order chi connectivity index (χ1) is 12.3. The van der Waals surface area contributed by atoms with Crippen molar-refractivity contribution in [3.63, 3.8) is 0 Å². The van der Waals surface area contributed by atoms with Gasteiger partial charge >= 0.3 is 5.97 Å². The van der Waals surface area contributed by atoms with E-state index in [-0.39, 0.29) is 0 Å². The highest BCUT2D eigenvalue weighted by atomic mass is 35.5. The van der Waals surface area contributed by atoms with E-state index < -0.39 is 30.5 Å². The maximum absolute atomic E-state index is 12.0. The van der Waals surface area contributed by atoms with Crippen molar-refractivity contribution in [2.24, 2.45) is 7.05 Å². The molecule has 2 rings (SSSR count). The van der Waals surface area contributed by atoms with Crippen LogP contribution in [0.3, 0.4) is 0 Å². The molecule has 0 saturated heterocycles. The monoisotopic (exact) mass is 378 g/mol. The Labute approximate surface area is 155 Å². The van der Waals surface area contributed by atoms with Gasteiger partial charge in [0.25, 0.3) is 11.8 Å². The number of hydrogen-bond donors (Lipinski definition) is 1. The molecule has 26 heavy (non-hydrogen) atoms. The van der Waals surface area contributed by atoms with Crippen molar-refractivity contribution in [2.45, 2.75) is 20.0 Å². The lowest BCUT2D eigenvalue weighted by molar-refractivity contribution is -0.154. The molecule has 1 heterocycles. The van der Waals surface area contributed by atoms with Crippen LogP contribution in [0.4, 0.5) is 0 Å². The maximum Gasteiger partial charge on any atom is 0.347 e. The van der Waals surface area contributed by atoms with Crippen molar-refractivity contribution in [1.29, 1.82) is 0 Å². The van der Waals surface area contributed by atoms with Crippen LogP contribution < -0.4 is 10.1 Å². The van der Waals surface area contributed by atoms with Crippen molar-refractivity contribution < 1.29 is 23.9 Å². The molecule has 8 heteroatoms. The quantitative estimate of drug-likeness (QED) is 0.779. The van der Waals surface area contributed by atoms with Gasteiger partial charge < -0.3 is 14.0 Å². The first-order valence-electron chi connectivity index (χ1n) is 7.83. The minimum Gasteiger partial charge on any atom is -0.479 e. The van der Waals surface area contributed by atoms with Crippen molar-refractivity contribution in [3.8, 4) is 5.75 Å². The second-order valence-electron chi connectivity index (χ2n) is 5.66. The Bertz CT molecular complexity index is 831. The molecular weight excluding hydrogens is 360 g/mol. The zero-order valence-corrected chi connectivity index (χ0v) is 15.4. The smallest absolute Gasteiger partial charge is 0.347 e. The Morgan fingerprint density at radius 3 is 2.62 bits per heavy atom. The van der Waals surface area contributed by atoms with E-state index in [1.54, 1.807) is 55.1 Å². The largest absolute Gasteiger partial charge is 0.479 e. The van der Waals surface area contributed by atoms with E-state index in [9.17, 15) is 14.4 Å². The van der Waals surface area contributed by atoms with E-state index in [0.717, 1.165) is 5.56 Å². The minimum atomic E-state index is -0.925. The van der Waals surface area contributed by atoms with E-state index in [2.05, 4.69) is 5.32 Å². The van der Waals surface area contributed by atoms with Gasteiger partial charge in [-0.2, -0.15) is 0 Å². The van der Waals surface area contributed by atoms with Gasteiger partial charge in [-0.3, -0.25) is 14.9 Å². The third kappa shape index (κ3) is 5.10. The van der Waals surface area contributed by atoms with Gasteiger partial charge in [-0.25, -0.2) is 4.79 Å². The van der Waals surface area contributed by atoms with Gasteiger partial charge in [0.15, 0.2) is 12.7 Å². The molecule has 7 nitrogen and oxygen atoms in total. The normalized spacial score (nSPS) is 11.5. The van der Waals surface area contributed by atoms with E-state index in [1.807, 2.05) is 0 Å². The summed E-state index contributed by atoms with van der Waals surface area (Å²) in [4.78, 5) is 35.6. The average Bonchev–Trinajstić information content (AvgIpc) is 3.01. The zero-order chi connectivity index (χ0) is 19.3. The predicted octanol–water partition coefficient (Wildman–Crippen LogP) is 2.25. The number of aromatic nitrogens is 1. The molecule has 0 aliphatic carbocycles. The first kappa shape index (κ1) is 19.5. The van der Waals surface area contributed by atoms with Crippen LogP contribution in [-0.4, -0.2) is 35.1 Å². The van der Waals surface area contributed by atoms with Gasteiger partial charge in [0.2, 0.25) is 0 Å². The van der Waals surface area contributed by atoms with Gasteiger partial charge in [0.1, 0.15) is 11.4 Å². The number of imide groups is 1. The molecule has 0 bridgehead atoms. The summed E-state index contributed by atoms with van der Waals surface area (Å²) >= 11 is 5.87. The lowest BCUT2D eigenvalue weighted by atomic mass is 10.2. The van der Waals surface area contributed by atoms with Crippen molar-refractivity contribution in [1.82, 2.24) is 9.88 Å². The molecule has 2 amide bonds. The number of benzene rings is 1. The Kier molecular flexibility index (Phi) is 6.41. The van der Waals surface area contributed by atoms with E-state index in [1.165, 1.54) is 6.92 Å². The lowest BCUT2D eigenvalue weighted by Crippen LogP contribution is -2.36. The van der Waals surface area contributed by atoms with Crippen molar-refractivity contribution in [3.05, 3.63) is 52.8 Å². The van der Waals surface area contributed by atoms with Crippen LogP contribution in [0.5, 0.6) is 5.75 Å². The van der Waals surface area contributed by atoms with Crippen LogP contribution in [-0.2, 0) is 21.4 Å². The number of nitrogens with one attached hydrogen (secondary N) is 1. The molecule has 0 radical (unpaired) electrons. The molecule has 0 fully saturated rings. The molecule has 1 aromatic carbocycles. The molecule has 0 saturated carbocycles. The molecule has 1 aromatic heterocycles. The topological polar surface area (TPSA) is 86.6 Å². The third-order valence-electron chi connectivity index (χ3n) is 3.55. The molecular formula is C18H19ClN2O5. The molecule has 138 valence electrons. The summed E-state index contributed by atoms with van der Waals surface area (Å²) in [5, 5.41) is 2.71. The summed E-state index contributed by atoms with van der Waals surface area (Å²) in [6, 6.07) is 8.24. The van der Waals surface area contributed by atoms with Crippen LogP contribution in [0, 0.1) is 6.92 Å². The van der Waals surface area contributed by atoms with Crippen LogP contribution in [0.2, 0.25) is 5.02 Å². The van der Waals surface area contributed by atoms with Gasteiger partial charge in [-0.05, 0) is 49.7 Å². The maximum atomic E-state index is 12.0. The first-order valence-corrected chi connectivity index (χ1v) is 8.20. The molecule has 1 atom stereocenters. The number of aryl methyl sites for hydroxylation is 2. The highest BCUT2D eigenvalue weighted by molar-refractivity contribution is 6.30. The van der Waals surface area contributed by atoms with E-state index >= 15 is 0 Å².